The Morgan fingerprint density at radius 2 is 1.80 bits per heavy atom. The highest BCUT2D eigenvalue weighted by molar-refractivity contribution is 6.30. The van der Waals surface area contributed by atoms with Crippen molar-refractivity contribution in [3.63, 3.8) is 0 Å². The van der Waals surface area contributed by atoms with Gasteiger partial charge in [0.2, 0.25) is 0 Å². The zero-order valence-corrected chi connectivity index (χ0v) is 13.7. The number of rotatable bonds is 4. The Labute approximate surface area is 149 Å². The second kappa shape index (κ2) is 7.43. The van der Waals surface area contributed by atoms with E-state index >= 15 is 0 Å². The Morgan fingerprint density at radius 1 is 1.04 bits per heavy atom. The molecular formula is C18H12ClN5O. The molecule has 1 aromatic heterocycles. The van der Waals surface area contributed by atoms with E-state index < -0.39 is 5.91 Å². The molecule has 3 rings (SSSR count). The number of halogens is 1. The minimum Gasteiger partial charge on any atom is -0.339 e. The highest BCUT2D eigenvalue weighted by Gasteiger charge is 2.11. The Bertz CT molecular complexity index is 933. The minimum absolute atomic E-state index is 0.148. The lowest BCUT2D eigenvalue weighted by Gasteiger charge is -2.08. The van der Waals surface area contributed by atoms with Crippen LogP contribution in [-0.4, -0.2) is 15.9 Å². The van der Waals surface area contributed by atoms with Crippen molar-refractivity contribution in [3.8, 4) is 6.07 Å². The number of nitrogens with zero attached hydrogens (tertiary/aromatic N) is 3. The second-order valence-electron chi connectivity index (χ2n) is 5.03. The molecule has 122 valence electrons. The molecule has 0 radical (unpaired) electrons. The molecule has 1 heterocycles. The van der Waals surface area contributed by atoms with Crippen LogP contribution in [0.1, 0.15) is 16.1 Å². The molecule has 0 saturated carbocycles. The molecule has 2 N–H and O–H groups in total. The largest absolute Gasteiger partial charge is 0.339 e. The third kappa shape index (κ3) is 4.10. The molecular weight excluding hydrogens is 338 g/mol. The first kappa shape index (κ1) is 16.4. The fourth-order valence-electron chi connectivity index (χ4n) is 2.07. The Balaban J connectivity index is 1.70. The average Bonchev–Trinajstić information content (AvgIpc) is 2.64. The lowest BCUT2D eigenvalue weighted by atomic mass is 10.2. The van der Waals surface area contributed by atoms with Gasteiger partial charge in [0, 0.05) is 10.7 Å². The van der Waals surface area contributed by atoms with Gasteiger partial charge in [-0.05, 0) is 36.4 Å². The van der Waals surface area contributed by atoms with E-state index in [1.54, 1.807) is 36.4 Å². The molecule has 0 aliphatic carbocycles. The molecule has 6 nitrogen and oxygen atoms in total. The fraction of sp³-hybridized carbons (Fsp3) is 0. The first-order valence-electron chi connectivity index (χ1n) is 7.31. The van der Waals surface area contributed by atoms with Gasteiger partial charge in [-0.3, -0.25) is 4.79 Å². The minimum atomic E-state index is -0.437. The zero-order chi connectivity index (χ0) is 17.6. The van der Waals surface area contributed by atoms with E-state index in [1.165, 1.54) is 12.4 Å². The van der Waals surface area contributed by atoms with Crippen molar-refractivity contribution in [2.45, 2.75) is 0 Å². The Morgan fingerprint density at radius 3 is 2.48 bits per heavy atom. The topological polar surface area (TPSA) is 90.7 Å². The number of hydrogen-bond donors (Lipinski definition) is 2. The molecule has 0 saturated heterocycles. The molecule has 2 aromatic carbocycles. The number of amides is 1. The van der Waals surface area contributed by atoms with E-state index in [2.05, 4.69) is 20.6 Å². The van der Waals surface area contributed by atoms with Gasteiger partial charge in [0.25, 0.3) is 5.91 Å². The van der Waals surface area contributed by atoms with Gasteiger partial charge in [-0.15, -0.1) is 0 Å². The summed E-state index contributed by atoms with van der Waals surface area (Å²) in [5.41, 5.74) is 1.76. The summed E-state index contributed by atoms with van der Waals surface area (Å²) in [5.74, 6) is 0.0598. The van der Waals surface area contributed by atoms with Crippen molar-refractivity contribution in [2.24, 2.45) is 0 Å². The van der Waals surface area contributed by atoms with E-state index in [1.807, 2.05) is 18.2 Å². The van der Waals surface area contributed by atoms with Crippen molar-refractivity contribution in [1.82, 2.24) is 9.97 Å². The molecule has 0 atom stereocenters. The molecule has 0 fully saturated rings. The van der Waals surface area contributed by atoms with Crippen molar-refractivity contribution in [1.29, 1.82) is 5.26 Å². The average molecular weight is 350 g/mol. The first-order valence-corrected chi connectivity index (χ1v) is 7.68. The van der Waals surface area contributed by atoms with Gasteiger partial charge in [-0.1, -0.05) is 23.7 Å². The predicted octanol–water partition coefficient (Wildman–Crippen LogP) is 4.00. The van der Waals surface area contributed by atoms with Gasteiger partial charge in [0.05, 0.1) is 23.6 Å². The van der Waals surface area contributed by atoms with Crippen LogP contribution >= 0.6 is 11.6 Å². The lowest BCUT2D eigenvalue weighted by molar-refractivity contribution is 0.102. The Hall–Kier alpha value is -3.43. The normalized spacial score (nSPS) is 9.92. The maximum absolute atomic E-state index is 12.2. The number of carbonyl (C=O) groups is 1. The maximum atomic E-state index is 12.2. The van der Waals surface area contributed by atoms with Crippen molar-refractivity contribution < 1.29 is 4.79 Å². The first-order chi connectivity index (χ1) is 12.2. The molecule has 0 aliphatic rings. The standard InChI is InChI=1S/C18H12ClN5O/c19-13-5-7-14(8-6-13)23-17-11-21-16(10-22-17)18(25)24-15-4-2-1-3-12(15)9-20/h1-8,10-11H,(H,22,23)(H,24,25). The predicted molar refractivity (Wildman–Crippen MR) is 95.9 cm³/mol. The number of hydrogen-bond acceptors (Lipinski definition) is 5. The summed E-state index contributed by atoms with van der Waals surface area (Å²) in [6, 6.07) is 15.9. The van der Waals surface area contributed by atoms with Crippen LogP contribution in [0.2, 0.25) is 5.02 Å². The molecule has 25 heavy (non-hydrogen) atoms. The van der Waals surface area contributed by atoms with Crippen LogP contribution in [0.15, 0.2) is 60.9 Å². The van der Waals surface area contributed by atoms with Crippen LogP contribution in [0, 0.1) is 11.3 Å². The number of nitrogens with one attached hydrogen (secondary N) is 2. The SMILES string of the molecule is N#Cc1ccccc1NC(=O)c1cnc(Nc2ccc(Cl)cc2)cn1. The quantitative estimate of drug-likeness (QED) is 0.743. The summed E-state index contributed by atoms with van der Waals surface area (Å²) in [6.07, 6.45) is 2.82. The summed E-state index contributed by atoms with van der Waals surface area (Å²) in [5, 5.41) is 15.4. The van der Waals surface area contributed by atoms with Crippen molar-refractivity contribution >= 4 is 34.7 Å². The maximum Gasteiger partial charge on any atom is 0.275 e. The summed E-state index contributed by atoms with van der Waals surface area (Å²) >= 11 is 5.84. The van der Waals surface area contributed by atoms with Crippen LogP contribution in [0.4, 0.5) is 17.2 Å². The van der Waals surface area contributed by atoms with Crippen LogP contribution in [0.5, 0.6) is 0 Å². The van der Waals surface area contributed by atoms with Crippen molar-refractivity contribution in [3.05, 3.63) is 77.2 Å². The second-order valence-corrected chi connectivity index (χ2v) is 5.47. The molecule has 0 aliphatic heterocycles. The van der Waals surface area contributed by atoms with E-state index in [9.17, 15) is 4.79 Å². The third-order valence-electron chi connectivity index (χ3n) is 3.30. The van der Waals surface area contributed by atoms with Gasteiger partial charge in [-0.2, -0.15) is 5.26 Å². The molecule has 1 amide bonds. The van der Waals surface area contributed by atoms with Gasteiger partial charge >= 0.3 is 0 Å². The number of anilines is 3. The zero-order valence-electron chi connectivity index (χ0n) is 12.9. The molecule has 0 spiro atoms. The van der Waals surface area contributed by atoms with Crippen LogP contribution in [0.25, 0.3) is 0 Å². The summed E-state index contributed by atoms with van der Waals surface area (Å²) < 4.78 is 0. The highest BCUT2D eigenvalue weighted by atomic mass is 35.5. The molecule has 7 heteroatoms. The number of aromatic nitrogens is 2. The number of para-hydroxylation sites is 1. The number of benzene rings is 2. The molecule has 3 aromatic rings. The highest BCUT2D eigenvalue weighted by Crippen LogP contribution is 2.18. The third-order valence-corrected chi connectivity index (χ3v) is 3.55. The van der Waals surface area contributed by atoms with Gasteiger partial charge in [0.15, 0.2) is 0 Å². The monoisotopic (exact) mass is 349 g/mol. The molecule has 0 unspecified atom stereocenters. The Kier molecular flexibility index (Phi) is 4.88. The number of carbonyl (C=O) groups excluding carboxylic acids is 1. The van der Waals surface area contributed by atoms with Gasteiger partial charge < -0.3 is 10.6 Å². The summed E-state index contributed by atoms with van der Waals surface area (Å²) in [6.45, 7) is 0. The number of nitriles is 1. The van der Waals surface area contributed by atoms with Gasteiger partial charge in [0.1, 0.15) is 17.6 Å². The summed E-state index contributed by atoms with van der Waals surface area (Å²) in [4.78, 5) is 20.5. The van der Waals surface area contributed by atoms with Gasteiger partial charge in [-0.25, -0.2) is 9.97 Å². The van der Waals surface area contributed by atoms with E-state index in [-0.39, 0.29) is 5.69 Å². The van der Waals surface area contributed by atoms with Crippen LogP contribution in [0.3, 0.4) is 0 Å². The van der Waals surface area contributed by atoms with E-state index in [4.69, 9.17) is 16.9 Å². The fourth-order valence-corrected chi connectivity index (χ4v) is 2.19. The van der Waals surface area contributed by atoms with E-state index in [0.717, 1.165) is 5.69 Å². The van der Waals surface area contributed by atoms with Crippen molar-refractivity contribution in [2.75, 3.05) is 10.6 Å². The van der Waals surface area contributed by atoms with Crippen LogP contribution < -0.4 is 10.6 Å². The molecule has 0 bridgehead atoms. The van der Waals surface area contributed by atoms with E-state index in [0.29, 0.717) is 22.1 Å². The smallest absolute Gasteiger partial charge is 0.275 e. The lowest BCUT2D eigenvalue weighted by Crippen LogP contribution is -2.15. The van der Waals surface area contributed by atoms with Crippen LogP contribution in [-0.2, 0) is 0 Å². The summed E-state index contributed by atoms with van der Waals surface area (Å²) in [7, 11) is 0.